The molecule has 1 heterocycles. The number of barbiturate groups is 1. The molecule has 0 unspecified atom stereocenters. The van der Waals surface area contributed by atoms with E-state index in [-0.39, 0.29) is 11.3 Å². The van der Waals surface area contributed by atoms with Crippen LogP contribution >= 0.6 is 15.9 Å². The van der Waals surface area contributed by atoms with Gasteiger partial charge >= 0.3 is 6.03 Å². The standard InChI is InChI=1S/C27H22BrFN2O4/c1-15-8-16(2)10-17(9-15)11-19-21(28)13-18(14-24(19)35-3)12-20-25(32)30-27(34)31(26(20)33)23-7-5-4-6-22(23)29/h4-10,12-14H,11H2,1-3H3,(H,30,32,34)/b20-12-. The quantitative estimate of drug-likeness (QED) is 0.346. The topological polar surface area (TPSA) is 75.7 Å². The molecule has 3 aromatic carbocycles. The number of nitrogens with one attached hydrogen (secondary N) is 1. The summed E-state index contributed by atoms with van der Waals surface area (Å²) in [6.45, 7) is 4.08. The normalized spacial score (nSPS) is 14.9. The Balaban J connectivity index is 1.72. The van der Waals surface area contributed by atoms with Crippen LogP contribution in [0.4, 0.5) is 14.9 Å². The first-order valence-corrected chi connectivity index (χ1v) is 11.6. The number of carbonyl (C=O) groups excluding carboxylic acids is 3. The number of hydrogen-bond acceptors (Lipinski definition) is 4. The van der Waals surface area contributed by atoms with E-state index in [2.05, 4.69) is 39.4 Å². The van der Waals surface area contributed by atoms with E-state index >= 15 is 0 Å². The number of carbonyl (C=O) groups is 3. The van der Waals surface area contributed by atoms with E-state index in [0.29, 0.717) is 22.6 Å². The highest BCUT2D eigenvalue weighted by Crippen LogP contribution is 2.33. The number of para-hydroxylation sites is 1. The Morgan fingerprint density at radius 3 is 2.37 bits per heavy atom. The third-order valence-corrected chi connectivity index (χ3v) is 6.27. The second-order valence-corrected chi connectivity index (χ2v) is 9.12. The maximum Gasteiger partial charge on any atom is 0.336 e. The summed E-state index contributed by atoms with van der Waals surface area (Å²) in [5.74, 6) is -1.97. The molecule has 1 fully saturated rings. The van der Waals surface area contributed by atoms with Crippen molar-refractivity contribution in [2.45, 2.75) is 20.3 Å². The Morgan fingerprint density at radius 2 is 1.71 bits per heavy atom. The van der Waals surface area contributed by atoms with Crippen LogP contribution < -0.4 is 15.0 Å². The Morgan fingerprint density at radius 1 is 1.03 bits per heavy atom. The number of rotatable bonds is 5. The van der Waals surface area contributed by atoms with Gasteiger partial charge in [0.15, 0.2) is 0 Å². The highest BCUT2D eigenvalue weighted by atomic mass is 79.9. The predicted molar refractivity (Wildman–Crippen MR) is 135 cm³/mol. The molecule has 0 aromatic heterocycles. The Labute approximate surface area is 210 Å². The van der Waals surface area contributed by atoms with Crippen LogP contribution in [-0.2, 0) is 16.0 Å². The van der Waals surface area contributed by atoms with E-state index in [1.54, 1.807) is 19.2 Å². The maximum atomic E-state index is 14.3. The van der Waals surface area contributed by atoms with Crippen LogP contribution in [0.1, 0.15) is 27.8 Å². The third kappa shape index (κ3) is 5.02. The molecule has 4 amide bonds. The molecule has 3 aromatic rings. The van der Waals surface area contributed by atoms with Crippen molar-refractivity contribution in [2.75, 3.05) is 12.0 Å². The van der Waals surface area contributed by atoms with Crippen molar-refractivity contribution < 1.29 is 23.5 Å². The minimum atomic E-state index is -1.01. The molecule has 0 aliphatic carbocycles. The zero-order chi connectivity index (χ0) is 25.3. The molecule has 1 aliphatic rings. The van der Waals surface area contributed by atoms with Crippen molar-refractivity contribution in [3.8, 4) is 5.75 Å². The highest BCUT2D eigenvalue weighted by molar-refractivity contribution is 9.10. The van der Waals surface area contributed by atoms with Gasteiger partial charge in [0.05, 0.1) is 12.8 Å². The average molecular weight is 537 g/mol. The second kappa shape index (κ2) is 9.84. The van der Waals surface area contributed by atoms with E-state index in [4.69, 9.17) is 4.74 Å². The summed E-state index contributed by atoms with van der Waals surface area (Å²) in [5.41, 5.74) is 4.30. The number of methoxy groups -OCH3 is 1. The summed E-state index contributed by atoms with van der Waals surface area (Å²) in [6.07, 6.45) is 1.96. The monoisotopic (exact) mass is 536 g/mol. The zero-order valence-electron chi connectivity index (χ0n) is 19.3. The number of aryl methyl sites for hydroxylation is 2. The number of amides is 4. The first-order valence-electron chi connectivity index (χ1n) is 10.8. The van der Waals surface area contributed by atoms with Crippen LogP contribution in [0.5, 0.6) is 5.75 Å². The first kappa shape index (κ1) is 24.3. The maximum absolute atomic E-state index is 14.3. The summed E-state index contributed by atoms with van der Waals surface area (Å²) < 4.78 is 20.6. The molecule has 0 atom stereocenters. The number of ether oxygens (including phenoxy) is 1. The molecule has 35 heavy (non-hydrogen) atoms. The Hall–Kier alpha value is -3.78. The molecule has 0 radical (unpaired) electrons. The number of benzene rings is 3. The van der Waals surface area contributed by atoms with Crippen LogP contribution in [0, 0.1) is 19.7 Å². The number of halogens is 2. The number of imide groups is 2. The lowest BCUT2D eigenvalue weighted by Crippen LogP contribution is -2.54. The molecule has 0 saturated carbocycles. The van der Waals surface area contributed by atoms with Gasteiger partial charge in [0.25, 0.3) is 11.8 Å². The summed E-state index contributed by atoms with van der Waals surface area (Å²) in [4.78, 5) is 38.5. The van der Waals surface area contributed by atoms with Gasteiger partial charge < -0.3 is 4.74 Å². The predicted octanol–water partition coefficient (Wildman–Crippen LogP) is 5.47. The molecule has 1 N–H and O–H groups in total. The minimum Gasteiger partial charge on any atom is -0.496 e. The lowest BCUT2D eigenvalue weighted by molar-refractivity contribution is -0.122. The van der Waals surface area contributed by atoms with E-state index < -0.39 is 23.7 Å². The molecule has 0 spiro atoms. The van der Waals surface area contributed by atoms with Gasteiger partial charge in [0.2, 0.25) is 0 Å². The number of urea groups is 1. The molecular weight excluding hydrogens is 515 g/mol. The average Bonchev–Trinajstić information content (AvgIpc) is 2.78. The van der Waals surface area contributed by atoms with Crippen LogP contribution in [0.3, 0.4) is 0 Å². The summed E-state index contributed by atoms with van der Waals surface area (Å²) in [7, 11) is 1.54. The van der Waals surface area contributed by atoms with E-state index in [9.17, 15) is 18.8 Å². The number of nitrogens with zero attached hydrogens (tertiary/aromatic N) is 1. The molecule has 0 bridgehead atoms. The van der Waals surface area contributed by atoms with Crippen molar-refractivity contribution in [1.82, 2.24) is 5.32 Å². The van der Waals surface area contributed by atoms with Crippen molar-refractivity contribution in [2.24, 2.45) is 0 Å². The fourth-order valence-corrected chi connectivity index (χ4v) is 4.72. The lowest BCUT2D eigenvalue weighted by atomic mass is 9.98. The zero-order valence-corrected chi connectivity index (χ0v) is 20.9. The van der Waals surface area contributed by atoms with Crippen molar-refractivity contribution in [3.05, 3.63) is 98.3 Å². The summed E-state index contributed by atoms with van der Waals surface area (Å²) in [6, 6.07) is 14.1. The summed E-state index contributed by atoms with van der Waals surface area (Å²) in [5, 5.41) is 2.10. The van der Waals surface area contributed by atoms with Crippen molar-refractivity contribution >= 4 is 45.5 Å². The lowest BCUT2D eigenvalue weighted by Gasteiger charge is -2.26. The largest absolute Gasteiger partial charge is 0.496 e. The Kier molecular flexibility index (Phi) is 6.84. The fourth-order valence-electron chi connectivity index (χ4n) is 4.12. The summed E-state index contributed by atoms with van der Waals surface area (Å²) >= 11 is 3.59. The van der Waals surface area contributed by atoms with E-state index in [1.807, 2.05) is 13.8 Å². The smallest absolute Gasteiger partial charge is 0.336 e. The van der Waals surface area contributed by atoms with Gasteiger partial charge in [-0.1, -0.05) is 57.4 Å². The fraction of sp³-hybridized carbons (Fsp3) is 0.148. The van der Waals surface area contributed by atoms with Crippen LogP contribution in [-0.4, -0.2) is 25.0 Å². The van der Waals surface area contributed by atoms with E-state index in [1.165, 1.54) is 24.3 Å². The number of hydrogen-bond donors (Lipinski definition) is 1. The molecule has 4 rings (SSSR count). The van der Waals surface area contributed by atoms with Gasteiger partial charge in [-0.25, -0.2) is 14.1 Å². The van der Waals surface area contributed by atoms with Crippen LogP contribution in [0.2, 0.25) is 0 Å². The van der Waals surface area contributed by atoms with Crippen molar-refractivity contribution in [3.63, 3.8) is 0 Å². The third-order valence-electron chi connectivity index (χ3n) is 5.57. The van der Waals surface area contributed by atoms with Gasteiger partial charge in [-0.15, -0.1) is 0 Å². The second-order valence-electron chi connectivity index (χ2n) is 8.27. The van der Waals surface area contributed by atoms with Crippen LogP contribution in [0.15, 0.2) is 64.6 Å². The van der Waals surface area contributed by atoms with Crippen LogP contribution in [0.25, 0.3) is 6.08 Å². The highest BCUT2D eigenvalue weighted by Gasteiger charge is 2.38. The molecule has 1 aliphatic heterocycles. The number of anilines is 1. The van der Waals surface area contributed by atoms with Gasteiger partial charge in [-0.05, 0) is 55.3 Å². The van der Waals surface area contributed by atoms with Gasteiger partial charge in [-0.2, -0.15) is 0 Å². The molecular formula is C27H22BrFN2O4. The van der Waals surface area contributed by atoms with Gasteiger partial charge in [0, 0.05) is 16.5 Å². The molecule has 1 saturated heterocycles. The molecule has 8 heteroatoms. The Bertz CT molecular complexity index is 1380. The van der Waals surface area contributed by atoms with E-state index in [0.717, 1.165) is 32.8 Å². The SMILES string of the molecule is COc1cc(/C=C2/C(=O)NC(=O)N(c3ccccc3F)C2=O)cc(Br)c1Cc1cc(C)cc(C)c1. The minimum absolute atomic E-state index is 0.240. The van der Waals surface area contributed by atoms with Gasteiger partial charge in [-0.3, -0.25) is 14.9 Å². The molecule has 178 valence electrons. The first-order chi connectivity index (χ1) is 16.7. The molecule has 6 nitrogen and oxygen atoms in total. The van der Waals surface area contributed by atoms with Gasteiger partial charge in [0.1, 0.15) is 17.1 Å². The van der Waals surface area contributed by atoms with Crippen molar-refractivity contribution in [1.29, 1.82) is 0 Å².